The first kappa shape index (κ1) is 18.2. The topological polar surface area (TPSA) is 103 Å². The van der Waals surface area contributed by atoms with Crippen LogP contribution in [0.3, 0.4) is 0 Å². The van der Waals surface area contributed by atoms with Crippen LogP contribution in [0.5, 0.6) is 0 Å². The van der Waals surface area contributed by atoms with Gasteiger partial charge in [0.15, 0.2) is 5.01 Å². The lowest BCUT2D eigenvalue weighted by atomic mass is 10.2. The number of nitrogens with one attached hydrogen (secondary N) is 1. The maximum Gasteiger partial charge on any atom is 0.277 e. The first-order valence-corrected chi connectivity index (χ1v) is 9.52. The van der Waals surface area contributed by atoms with E-state index in [0.29, 0.717) is 26.1 Å². The molecule has 2 aromatic heterocycles. The molecule has 140 valence electrons. The summed E-state index contributed by atoms with van der Waals surface area (Å²) in [6, 6.07) is 14.2. The molecule has 0 aliphatic rings. The van der Waals surface area contributed by atoms with Gasteiger partial charge >= 0.3 is 0 Å². The summed E-state index contributed by atoms with van der Waals surface area (Å²) in [5.41, 5.74) is 0.990. The van der Waals surface area contributed by atoms with Gasteiger partial charge in [-0.1, -0.05) is 58.5 Å². The van der Waals surface area contributed by atoms with Gasteiger partial charge in [-0.2, -0.15) is 0 Å². The minimum Gasteiger partial charge on any atom is -0.300 e. The zero-order valence-electron chi connectivity index (χ0n) is 14.4. The fraction of sp³-hybridized carbons (Fsp3) is 0.111. The van der Waals surface area contributed by atoms with Crippen LogP contribution in [0.1, 0.15) is 6.42 Å². The number of hydrogen-bond donors (Lipinski definition) is 1. The van der Waals surface area contributed by atoms with Crippen LogP contribution in [0.15, 0.2) is 53.3 Å². The number of aromatic nitrogens is 5. The third-order valence-electron chi connectivity index (χ3n) is 3.96. The Hall–Kier alpha value is -3.17. The van der Waals surface area contributed by atoms with Crippen molar-refractivity contribution in [3.8, 4) is 10.6 Å². The number of amides is 1. The number of fused-ring (bicyclic) bond motifs is 1. The van der Waals surface area contributed by atoms with E-state index >= 15 is 0 Å². The van der Waals surface area contributed by atoms with E-state index in [1.165, 1.54) is 16.0 Å². The molecule has 1 amide bonds. The fourth-order valence-electron chi connectivity index (χ4n) is 2.58. The molecule has 0 saturated heterocycles. The molecule has 1 N–H and O–H groups in total. The van der Waals surface area contributed by atoms with Gasteiger partial charge in [-0.15, -0.1) is 15.3 Å². The summed E-state index contributed by atoms with van der Waals surface area (Å²) in [5, 5.41) is 20.6. The highest BCUT2D eigenvalue weighted by Gasteiger charge is 2.13. The SMILES string of the molecule is O=C(CCn1nnc2ccccc2c1=O)Nc1nnc(-c2ccccc2Cl)s1. The number of benzene rings is 2. The summed E-state index contributed by atoms with van der Waals surface area (Å²) in [6.45, 7) is 0.110. The first-order valence-electron chi connectivity index (χ1n) is 8.32. The number of hydrogen-bond acceptors (Lipinski definition) is 7. The number of aryl methyl sites for hydroxylation is 1. The van der Waals surface area contributed by atoms with E-state index in [0.717, 1.165) is 5.56 Å². The third kappa shape index (κ3) is 3.75. The van der Waals surface area contributed by atoms with Gasteiger partial charge in [0.25, 0.3) is 5.56 Å². The van der Waals surface area contributed by atoms with Crippen LogP contribution in [0.25, 0.3) is 21.5 Å². The summed E-state index contributed by atoms with van der Waals surface area (Å²) in [6.07, 6.45) is 0.0495. The quantitative estimate of drug-likeness (QED) is 0.540. The molecular formula is C18H13ClN6O2S. The molecule has 0 saturated carbocycles. The van der Waals surface area contributed by atoms with Gasteiger partial charge in [0, 0.05) is 12.0 Å². The van der Waals surface area contributed by atoms with Crippen LogP contribution >= 0.6 is 22.9 Å². The molecular weight excluding hydrogens is 400 g/mol. The van der Waals surface area contributed by atoms with E-state index in [1.807, 2.05) is 18.2 Å². The molecule has 0 aliphatic heterocycles. The molecule has 28 heavy (non-hydrogen) atoms. The molecule has 0 spiro atoms. The standard InChI is InChI=1S/C18H13ClN6O2S/c19-13-7-3-1-5-11(13)16-22-23-18(28-16)20-15(26)9-10-25-17(27)12-6-2-4-8-14(12)21-24-25/h1-8H,9-10H2,(H,20,23,26). The molecule has 2 aromatic carbocycles. The van der Waals surface area contributed by atoms with Crippen molar-refractivity contribution >= 4 is 44.9 Å². The van der Waals surface area contributed by atoms with Crippen molar-refractivity contribution in [2.45, 2.75) is 13.0 Å². The van der Waals surface area contributed by atoms with Crippen molar-refractivity contribution in [3.05, 3.63) is 63.9 Å². The molecule has 4 aromatic rings. The highest BCUT2D eigenvalue weighted by atomic mass is 35.5. The average Bonchev–Trinajstić information content (AvgIpc) is 3.16. The Morgan fingerprint density at radius 1 is 1.07 bits per heavy atom. The van der Waals surface area contributed by atoms with Crippen molar-refractivity contribution < 1.29 is 4.79 Å². The Balaban J connectivity index is 1.42. The highest BCUT2D eigenvalue weighted by molar-refractivity contribution is 7.18. The first-order chi connectivity index (χ1) is 13.6. The molecule has 4 rings (SSSR count). The Morgan fingerprint density at radius 3 is 2.71 bits per heavy atom. The van der Waals surface area contributed by atoms with Crippen molar-refractivity contribution in [3.63, 3.8) is 0 Å². The number of nitrogens with zero attached hydrogens (tertiary/aromatic N) is 5. The van der Waals surface area contributed by atoms with Crippen LogP contribution in [0, 0.1) is 0 Å². The second-order valence-electron chi connectivity index (χ2n) is 5.83. The number of carbonyl (C=O) groups is 1. The van der Waals surface area contributed by atoms with Crippen LogP contribution in [-0.4, -0.2) is 31.1 Å². The summed E-state index contributed by atoms with van der Waals surface area (Å²) >= 11 is 7.37. The number of halogens is 1. The lowest BCUT2D eigenvalue weighted by molar-refractivity contribution is -0.116. The Morgan fingerprint density at radius 2 is 1.86 bits per heavy atom. The molecule has 2 heterocycles. The fourth-order valence-corrected chi connectivity index (χ4v) is 3.66. The predicted octanol–water partition coefficient (Wildman–Crippen LogP) is 2.99. The largest absolute Gasteiger partial charge is 0.300 e. The normalized spacial score (nSPS) is 10.9. The van der Waals surface area contributed by atoms with Gasteiger partial charge in [-0.05, 0) is 18.2 Å². The molecule has 0 unspecified atom stereocenters. The maximum absolute atomic E-state index is 12.4. The monoisotopic (exact) mass is 412 g/mol. The minimum atomic E-state index is -0.302. The predicted molar refractivity (Wildman–Crippen MR) is 107 cm³/mol. The summed E-state index contributed by atoms with van der Waals surface area (Å²) < 4.78 is 1.18. The second-order valence-corrected chi connectivity index (χ2v) is 7.21. The van der Waals surface area contributed by atoms with Gasteiger partial charge < -0.3 is 5.32 Å². The lowest BCUT2D eigenvalue weighted by Crippen LogP contribution is -2.26. The molecule has 0 fully saturated rings. The van der Waals surface area contributed by atoms with Crippen LogP contribution in [0.2, 0.25) is 5.02 Å². The lowest BCUT2D eigenvalue weighted by Gasteiger charge is -2.04. The summed E-state index contributed by atoms with van der Waals surface area (Å²) in [4.78, 5) is 24.6. The minimum absolute atomic E-state index is 0.0495. The Bertz CT molecular complexity index is 1220. The van der Waals surface area contributed by atoms with Crippen LogP contribution < -0.4 is 10.9 Å². The van der Waals surface area contributed by atoms with Crippen molar-refractivity contribution in [2.75, 3.05) is 5.32 Å². The maximum atomic E-state index is 12.4. The zero-order chi connectivity index (χ0) is 19.5. The van der Waals surface area contributed by atoms with E-state index in [1.54, 1.807) is 30.3 Å². The Labute approximate surface area is 167 Å². The van der Waals surface area contributed by atoms with Crippen molar-refractivity contribution in [2.24, 2.45) is 0 Å². The molecule has 0 bridgehead atoms. The smallest absolute Gasteiger partial charge is 0.277 e. The van der Waals surface area contributed by atoms with E-state index in [-0.39, 0.29) is 24.4 Å². The van der Waals surface area contributed by atoms with Gasteiger partial charge in [0.05, 0.1) is 17.0 Å². The number of carbonyl (C=O) groups excluding carboxylic acids is 1. The molecule has 8 nitrogen and oxygen atoms in total. The van der Waals surface area contributed by atoms with E-state index in [4.69, 9.17) is 11.6 Å². The molecule has 10 heteroatoms. The highest BCUT2D eigenvalue weighted by Crippen LogP contribution is 2.31. The van der Waals surface area contributed by atoms with Crippen LogP contribution in [0.4, 0.5) is 5.13 Å². The van der Waals surface area contributed by atoms with Crippen molar-refractivity contribution in [1.29, 1.82) is 0 Å². The third-order valence-corrected chi connectivity index (χ3v) is 5.16. The zero-order valence-corrected chi connectivity index (χ0v) is 15.9. The van der Waals surface area contributed by atoms with Crippen LogP contribution in [-0.2, 0) is 11.3 Å². The van der Waals surface area contributed by atoms with Gasteiger partial charge in [0.1, 0.15) is 5.52 Å². The van der Waals surface area contributed by atoms with E-state index in [9.17, 15) is 9.59 Å². The van der Waals surface area contributed by atoms with E-state index < -0.39 is 0 Å². The van der Waals surface area contributed by atoms with Gasteiger partial charge in [-0.25, -0.2) is 4.68 Å². The summed E-state index contributed by atoms with van der Waals surface area (Å²) in [5.74, 6) is -0.302. The molecule has 0 atom stereocenters. The molecule has 0 radical (unpaired) electrons. The number of rotatable bonds is 5. The Kier molecular flexibility index (Phi) is 5.09. The average molecular weight is 413 g/mol. The summed E-state index contributed by atoms with van der Waals surface area (Å²) in [7, 11) is 0. The van der Waals surface area contributed by atoms with Gasteiger partial charge in [-0.3, -0.25) is 9.59 Å². The second kappa shape index (κ2) is 7.83. The number of anilines is 1. The molecule has 0 aliphatic carbocycles. The van der Waals surface area contributed by atoms with E-state index in [2.05, 4.69) is 25.8 Å². The van der Waals surface area contributed by atoms with Crippen molar-refractivity contribution in [1.82, 2.24) is 25.2 Å². The van der Waals surface area contributed by atoms with Gasteiger partial charge in [0.2, 0.25) is 11.0 Å².